The lowest BCUT2D eigenvalue weighted by atomic mass is 9.90. The fourth-order valence-corrected chi connectivity index (χ4v) is 3.73. The number of ether oxygens (including phenoxy) is 1. The third-order valence-electron chi connectivity index (χ3n) is 5.05. The summed E-state index contributed by atoms with van der Waals surface area (Å²) < 4.78 is 20.1. The largest absolute Gasteiger partial charge is 0.478 e. The maximum atomic E-state index is 14.3. The lowest BCUT2D eigenvalue weighted by Crippen LogP contribution is -2.45. The van der Waals surface area contributed by atoms with Crippen molar-refractivity contribution in [2.75, 3.05) is 13.2 Å². The number of hydrogen-bond acceptors (Lipinski definition) is 3. The minimum atomic E-state index is -1.08. The van der Waals surface area contributed by atoms with Crippen LogP contribution < -0.4 is 0 Å². The summed E-state index contributed by atoms with van der Waals surface area (Å²) >= 11 is 0. The first kappa shape index (κ1) is 16.4. The van der Waals surface area contributed by atoms with Crippen LogP contribution in [0.5, 0.6) is 0 Å². The molecule has 0 saturated carbocycles. The molecule has 1 aromatic rings. The molecule has 1 saturated heterocycles. The number of benzene rings is 1. The Bertz CT molecular complexity index is 584. The van der Waals surface area contributed by atoms with E-state index in [1.165, 1.54) is 6.42 Å². The van der Waals surface area contributed by atoms with Gasteiger partial charge in [-0.1, -0.05) is 6.92 Å². The molecular weight excluding hydrogens is 297 g/mol. The Kier molecular flexibility index (Phi) is 4.97. The average molecular weight is 321 g/mol. The van der Waals surface area contributed by atoms with Crippen LogP contribution in [0.1, 0.15) is 54.1 Å². The summed E-state index contributed by atoms with van der Waals surface area (Å²) in [6, 6.07) is 3.06. The Morgan fingerprint density at radius 1 is 1.43 bits per heavy atom. The van der Waals surface area contributed by atoms with E-state index in [1.54, 1.807) is 6.07 Å². The molecule has 0 aromatic heterocycles. The summed E-state index contributed by atoms with van der Waals surface area (Å²) in [6.07, 6.45) is 5.24. The van der Waals surface area contributed by atoms with Crippen LogP contribution in [0.15, 0.2) is 12.1 Å². The fourth-order valence-electron chi connectivity index (χ4n) is 3.73. The van der Waals surface area contributed by atoms with Crippen LogP contribution in [-0.4, -0.2) is 41.3 Å². The predicted octanol–water partition coefficient (Wildman–Crippen LogP) is 3.23. The van der Waals surface area contributed by atoms with E-state index in [0.29, 0.717) is 24.6 Å². The van der Waals surface area contributed by atoms with Crippen molar-refractivity contribution in [1.29, 1.82) is 0 Å². The maximum absolute atomic E-state index is 14.3. The first-order valence-corrected chi connectivity index (χ1v) is 8.48. The molecule has 4 nitrogen and oxygen atoms in total. The summed E-state index contributed by atoms with van der Waals surface area (Å²) in [5.74, 6) is -1.46. The van der Waals surface area contributed by atoms with E-state index >= 15 is 0 Å². The van der Waals surface area contributed by atoms with Crippen LogP contribution >= 0.6 is 0 Å². The van der Waals surface area contributed by atoms with E-state index < -0.39 is 5.97 Å². The summed E-state index contributed by atoms with van der Waals surface area (Å²) in [5.41, 5.74) is 1.52. The van der Waals surface area contributed by atoms with E-state index in [-0.39, 0.29) is 17.5 Å². The van der Waals surface area contributed by atoms with Gasteiger partial charge >= 0.3 is 5.97 Å². The van der Waals surface area contributed by atoms with Gasteiger partial charge in [-0.05, 0) is 55.4 Å². The van der Waals surface area contributed by atoms with Gasteiger partial charge in [-0.3, -0.25) is 4.90 Å². The molecule has 0 spiro atoms. The minimum absolute atomic E-state index is 0.0325. The van der Waals surface area contributed by atoms with Gasteiger partial charge in [0.15, 0.2) is 0 Å². The normalized spacial score (nSPS) is 25.1. The summed E-state index contributed by atoms with van der Waals surface area (Å²) in [4.78, 5) is 13.5. The molecule has 2 heterocycles. The van der Waals surface area contributed by atoms with Crippen LogP contribution in [0, 0.1) is 5.82 Å². The van der Waals surface area contributed by atoms with Crippen LogP contribution in [0.2, 0.25) is 0 Å². The number of hydrogen-bond donors (Lipinski definition) is 1. The molecule has 23 heavy (non-hydrogen) atoms. The van der Waals surface area contributed by atoms with Crippen molar-refractivity contribution in [1.82, 2.24) is 4.90 Å². The molecule has 3 rings (SSSR count). The molecule has 0 amide bonds. The standard InChI is InChI=1S/C18H24FNO3/c1-2-14-9-16-13(7-12(18(21)22)8-17(16)19)10-20(14)11-15-5-3-4-6-23-15/h7-8,14-15H,2-6,9-11H2,1H3,(H,21,22)/t14-,15-/m0/s1. The number of carboxylic acid groups (broad SMARTS) is 1. The van der Waals surface area contributed by atoms with Crippen molar-refractivity contribution in [2.45, 2.75) is 57.7 Å². The molecule has 0 bridgehead atoms. The van der Waals surface area contributed by atoms with Crippen molar-refractivity contribution in [3.63, 3.8) is 0 Å². The highest BCUT2D eigenvalue weighted by atomic mass is 19.1. The third-order valence-corrected chi connectivity index (χ3v) is 5.05. The molecule has 1 fully saturated rings. The van der Waals surface area contributed by atoms with Crippen LogP contribution in [0.25, 0.3) is 0 Å². The van der Waals surface area contributed by atoms with Crippen molar-refractivity contribution >= 4 is 5.97 Å². The lowest BCUT2D eigenvalue weighted by molar-refractivity contribution is -0.0182. The Labute approximate surface area is 136 Å². The molecule has 0 unspecified atom stereocenters. The Balaban J connectivity index is 1.82. The molecular formula is C18H24FNO3. The Hall–Kier alpha value is -1.46. The fraction of sp³-hybridized carbons (Fsp3) is 0.611. The van der Waals surface area contributed by atoms with Crippen molar-refractivity contribution in [3.05, 3.63) is 34.6 Å². The van der Waals surface area contributed by atoms with Crippen LogP contribution in [-0.2, 0) is 17.7 Å². The molecule has 1 N–H and O–H groups in total. The molecule has 2 aliphatic heterocycles. The van der Waals surface area contributed by atoms with Gasteiger partial charge in [0.25, 0.3) is 0 Å². The topological polar surface area (TPSA) is 49.8 Å². The smallest absolute Gasteiger partial charge is 0.335 e. The molecule has 1 aromatic carbocycles. The van der Waals surface area contributed by atoms with E-state index in [0.717, 1.165) is 44.0 Å². The molecule has 2 aliphatic rings. The number of halogens is 1. The summed E-state index contributed by atoms with van der Waals surface area (Å²) in [7, 11) is 0. The first-order valence-electron chi connectivity index (χ1n) is 8.48. The second-order valence-corrected chi connectivity index (χ2v) is 6.59. The Morgan fingerprint density at radius 3 is 2.91 bits per heavy atom. The van der Waals surface area contributed by atoms with Gasteiger partial charge < -0.3 is 9.84 Å². The zero-order valence-corrected chi connectivity index (χ0v) is 13.6. The number of carbonyl (C=O) groups is 1. The number of aromatic carboxylic acids is 1. The highest BCUT2D eigenvalue weighted by Gasteiger charge is 2.30. The lowest BCUT2D eigenvalue weighted by Gasteiger charge is -2.39. The van der Waals surface area contributed by atoms with Crippen molar-refractivity contribution in [3.8, 4) is 0 Å². The SMILES string of the molecule is CC[C@H]1Cc2c(F)cc(C(=O)O)cc2CN1C[C@@H]1CCCCO1. The summed E-state index contributed by atoms with van der Waals surface area (Å²) in [5, 5.41) is 9.14. The molecule has 2 atom stereocenters. The quantitative estimate of drug-likeness (QED) is 0.925. The molecule has 126 valence electrons. The molecule has 5 heteroatoms. The van der Waals surface area contributed by atoms with Crippen molar-refractivity contribution < 1.29 is 19.0 Å². The van der Waals surface area contributed by atoms with Gasteiger partial charge in [0.05, 0.1) is 11.7 Å². The molecule has 0 aliphatic carbocycles. The highest BCUT2D eigenvalue weighted by Crippen LogP contribution is 2.29. The monoisotopic (exact) mass is 321 g/mol. The van der Waals surface area contributed by atoms with Gasteiger partial charge in [-0.15, -0.1) is 0 Å². The van der Waals surface area contributed by atoms with Gasteiger partial charge in [0.1, 0.15) is 5.82 Å². The Morgan fingerprint density at radius 2 is 2.26 bits per heavy atom. The molecule has 0 radical (unpaired) electrons. The maximum Gasteiger partial charge on any atom is 0.335 e. The zero-order valence-electron chi connectivity index (χ0n) is 13.6. The van der Waals surface area contributed by atoms with Crippen LogP contribution in [0.3, 0.4) is 0 Å². The van der Waals surface area contributed by atoms with Crippen LogP contribution in [0.4, 0.5) is 4.39 Å². The summed E-state index contributed by atoms with van der Waals surface area (Å²) in [6.45, 7) is 4.39. The first-order chi connectivity index (χ1) is 11.1. The highest BCUT2D eigenvalue weighted by molar-refractivity contribution is 5.88. The number of fused-ring (bicyclic) bond motifs is 1. The second-order valence-electron chi connectivity index (χ2n) is 6.59. The van der Waals surface area contributed by atoms with E-state index in [9.17, 15) is 9.18 Å². The number of nitrogens with zero attached hydrogens (tertiary/aromatic N) is 1. The zero-order chi connectivity index (χ0) is 16.4. The van der Waals surface area contributed by atoms with Crippen molar-refractivity contribution in [2.24, 2.45) is 0 Å². The van der Waals surface area contributed by atoms with Gasteiger partial charge in [-0.2, -0.15) is 0 Å². The average Bonchev–Trinajstić information content (AvgIpc) is 2.55. The van der Waals surface area contributed by atoms with Gasteiger partial charge in [-0.25, -0.2) is 9.18 Å². The van der Waals surface area contributed by atoms with E-state index in [1.807, 2.05) is 0 Å². The second kappa shape index (κ2) is 6.97. The van der Waals surface area contributed by atoms with E-state index in [4.69, 9.17) is 9.84 Å². The number of carboxylic acids is 1. The number of rotatable bonds is 4. The van der Waals surface area contributed by atoms with E-state index in [2.05, 4.69) is 11.8 Å². The predicted molar refractivity (Wildman–Crippen MR) is 85.1 cm³/mol. The minimum Gasteiger partial charge on any atom is -0.478 e. The third kappa shape index (κ3) is 3.56. The van der Waals surface area contributed by atoms with Gasteiger partial charge in [0.2, 0.25) is 0 Å². The van der Waals surface area contributed by atoms with Gasteiger partial charge in [0, 0.05) is 25.7 Å².